The zero-order chi connectivity index (χ0) is 36.0. The van der Waals surface area contributed by atoms with E-state index >= 15 is 0 Å². The highest BCUT2D eigenvalue weighted by Crippen LogP contribution is 2.47. The van der Waals surface area contributed by atoms with Crippen molar-refractivity contribution in [2.45, 2.75) is 0 Å². The van der Waals surface area contributed by atoms with Crippen LogP contribution in [0.15, 0.2) is 159 Å². The van der Waals surface area contributed by atoms with Crippen LogP contribution in [-0.4, -0.2) is 39.0 Å². The Morgan fingerprint density at radius 1 is 0.400 bits per heavy atom. The van der Waals surface area contributed by atoms with Gasteiger partial charge in [-0.05, 0) is 54.1 Å². The Morgan fingerprint density at radius 3 is 1.64 bits per heavy atom. The second-order valence-electron chi connectivity index (χ2n) is 13.6. The third kappa shape index (κ3) is 4.32. The van der Waals surface area contributed by atoms with Gasteiger partial charge in [0.1, 0.15) is 0 Å². The molecule has 0 saturated heterocycles. The molecule has 8 heterocycles. The number of hydrogen-bond acceptors (Lipinski definition) is 7. The molecule has 12 aromatic rings. The first-order chi connectivity index (χ1) is 27.3. The van der Waals surface area contributed by atoms with Crippen molar-refractivity contribution < 1.29 is 0 Å². The molecule has 0 radical (unpaired) electrons. The first-order valence-corrected chi connectivity index (χ1v) is 18.8. The highest BCUT2D eigenvalue weighted by Gasteiger charge is 2.22. The van der Waals surface area contributed by atoms with Crippen molar-refractivity contribution >= 4 is 86.2 Å². The largest absolute Gasteiger partial charge is 0.308 e. The van der Waals surface area contributed by atoms with Gasteiger partial charge in [0.05, 0.1) is 49.2 Å². The molecule has 0 unspecified atom stereocenters. The van der Waals surface area contributed by atoms with Crippen LogP contribution in [0.4, 0.5) is 0 Å². The van der Waals surface area contributed by atoms with Crippen molar-refractivity contribution in [1.29, 1.82) is 0 Å². The molecule has 55 heavy (non-hydrogen) atoms. The van der Waals surface area contributed by atoms with E-state index in [-0.39, 0.29) is 0 Å². The Kier molecular flexibility index (Phi) is 6.34. The van der Waals surface area contributed by atoms with Gasteiger partial charge in [-0.15, -0.1) is 11.3 Å². The molecule has 4 aromatic carbocycles. The van der Waals surface area contributed by atoms with Crippen LogP contribution in [-0.2, 0) is 0 Å². The maximum absolute atomic E-state index is 4.82. The molecule has 0 atom stereocenters. The van der Waals surface area contributed by atoms with Gasteiger partial charge < -0.3 is 9.13 Å². The van der Waals surface area contributed by atoms with Crippen LogP contribution in [0.5, 0.6) is 0 Å². The lowest BCUT2D eigenvalue weighted by Crippen LogP contribution is -1.97. The van der Waals surface area contributed by atoms with Gasteiger partial charge in [-0.1, -0.05) is 48.5 Å². The van der Waals surface area contributed by atoms with E-state index in [1.54, 1.807) is 12.4 Å². The lowest BCUT2D eigenvalue weighted by molar-refractivity contribution is 1.17. The van der Waals surface area contributed by atoms with Crippen molar-refractivity contribution in [3.8, 4) is 33.6 Å². The van der Waals surface area contributed by atoms with Crippen LogP contribution in [0, 0.1) is 0 Å². The third-order valence-corrected chi connectivity index (χ3v) is 12.1. The van der Waals surface area contributed by atoms with Gasteiger partial charge in [-0.2, -0.15) is 0 Å². The fourth-order valence-corrected chi connectivity index (χ4v) is 9.79. The van der Waals surface area contributed by atoms with Crippen molar-refractivity contribution in [1.82, 2.24) is 39.0 Å². The molecule has 0 aliphatic carbocycles. The summed E-state index contributed by atoms with van der Waals surface area (Å²) in [5.41, 5.74) is 12.7. The minimum Gasteiger partial charge on any atom is -0.308 e. The van der Waals surface area contributed by atoms with E-state index < -0.39 is 0 Å². The number of hydrogen-bond donors (Lipinski definition) is 0. The van der Waals surface area contributed by atoms with Gasteiger partial charge in [0, 0.05) is 116 Å². The van der Waals surface area contributed by atoms with E-state index in [9.17, 15) is 0 Å². The van der Waals surface area contributed by atoms with Gasteiger partial charge >= 0.3 is 0 Å². The van der Waals surface area contributed by atoms with E-state index in [4.69, 9.17) is 4.98 Å². The number of fused-ring (bicyclic) bond motifs is 10. The summed E-state index contributed by atoms with van der Waals surface area (Å²) >= 11 is 1.84. The number of aromatic nitrogens is 8. The van der Waals surface area contributed by atoms with Gasteiger partial charge in [0.15, 0.2) is 0 Å². The molecule has 0 aliphatic rings. The van der Waals surface area contributed by atoms with E-state index in [0.717, 1.165) is 82.7 Å². The van der Waals surface area contributed by atoms with E-state index in [2.05, 4.69) is 125 Å². The molecule has 0 N–H and O–H groups in total. The van der Waals surface area contributed by atoms with Crippen LogP contribution in [0.25, 0.3) is 108 Å². The average Bonchev–Trinajstić information content (AvgIpc) is 3.91. The van der Waals surface area contributed by atoms with Crippen LogP contribution >= 0.6 is 11.3 Å². The molecule has 0 fully saturated rings. The summed E-state index contributed by atoms with van der Waals surface area (Å²) in [6.07, 6.45) is 18.7. The molecule has 0 aliphatic heterocycles. The van der Waals surface area contributed by atoms with Crippen molar-refractivity contribution in [2.75, 3.05) is 0 Å². The van der Waals surface area contributed by atoms with E-state index in [1.807, 2.05) is 67.0 Å². The lowest BCUT2D eigenvalue weighted by atomic mass is 9.98. The Morgan fingerprint density at radius 2 is 0.964 bits per heavy atom. The maximum atomic E-state index is 4.82. The van der Waals surface area contributed by atoms with Gasteiger partial charge in [-0.25, -0.2) is 0 Å². The second-order valence-corrected chi connectivity index (χ2v) is 14.7. The Labute approximate surface area is 316 Å². The normalized spacial score (nSPS) is 12.0. The topological polar surface area (TPSA) is 87.2 Å². The number of rotatable bonds is 4. The molecule has 8 nitrogen and oxygen atoms in total. The zero-order valence-electron chi connectivity index (χ0n) is 29.0. The first kappa shape index (κ1) is 30.1. The summed E-state index contributed by atoms with van der Waals surface area (Å²) in [4.78, 5) is 27.4. The number of para-hydroxylation sites is 2. The predicted octanol–water partition coefficient (Wildman–Crippen LogP) is 11.1. The first-order valence-electron chi connectivity index (χ1n) is 18.0. The molecular formula is C46H26N8S. The highest BCUT2D eigenvalue weighted by molar-refractivity contribution is 7.26. The predicted molar refractivity (Wildman–Crippen MR) is 223 cm³/mol. The van der Waals surface area contributed by atoms with Crippen LogP contribution in [0.3, 0.4) is 0 Å². The molecule has 0 saturated carbocycles. The van der Waals surface area contributed by atoms with Crippen LogP contribution < -0.4 is 0 Å². The smallest absolute Gasteiger partial charge is 0.0965 e. The molecule has 0 bridgehead atoms. The number of thiophene rings is 1. The molecule has 256 valence electrons. The van der Waals surface area contributed by atoms with Gasteiger partial charge in [0.2, 0.25) is 0 Å². The summed E-state index contributed by atoms with van der Waals surface area (Å²) in [6.45, 7) is 0. The monoisotopic (exact) mass is 722 g/mol. The maximum Gasteiger partial charge on any atom is 0.0965 e. The molecule has 0 amide bonds. The summed E-state index contributed by atoms with van der Waals surface area (Å²) < 4.78 is 7.13. The average molecular weight is 723 g/mol. The minimum atomic E-state index is 0.862. The lowest BCUT2D eigenvalue weighted by Gasteiger charge is -2.14. The molecule has 0 spiro atoms. The fourth-order valence-electron chi connectivity index (χ4n) is 8.47. The molecule has 9 heteroatoms. The van der Waals surface area contributed by atoms with E-state index in [0.29, 0.717) is 0 Å². The van der Waals surface area contributed by atoms with Crippen molar-refractivity contribution in [3.63, 3.8) is 0 Å². The van der Waals surface area contributed by atoms with Gasteiger partial charge in [0.25, 0.3) is 0 Å². The Bertz CT molecular complexity index is 3410. The number of nitrogens with zero attached hydrogens (tertiary/aromatic N) is 8. The number of pyridine rings is 4. The Balaban J connectivity index is 1.19. The summed E-state index contributed by atoms with van der Waals surface area (Å²) in [7, 11) is 0. The summed E-state index contributed by atoms with van der Waals surface area (Å²) in [6, 6.07) is 34.7. The Hall–Kier alpha value is -7.36. The highest BCUT2D eigenvalue weighted by atomic mass is 32.1. The number of benzene rings is 4. The fraction of sp³-hybridized carbons (Fsp3) is 0. The van der Waals surface area contributed by atoms with Gasteiger partial charge in [-0.3, -0.25) is 29.9 Å². The third-order valence-electron chi connectivity index (χ3n) is 10.8. The molecule has 12 rings (SSSR count). The summed E-state index contributed by atoms with van der Waals surface area (Å²) in [5, 5.41) is 6.65. The SMILES string of the molecule is c1ccc(-n2c3ccncc3c3cnccc32)c(-c2cccc3c2sc2c(-n4c5ccncc5c5cnccc54)cc(-c4cccc5nccnc45)cc23)c1. The van der Waals surface area contributed by atoms with E-state index in [1.165, 1.54) is 25.7 Å². The van der Waals surface area contributed by atoms with Crippen molar-refractivity contribution in [3.05, 3.63) is 159 Å². The minimum absolute atomic E-state index is 0.862. The second kappa shape index (κ2) is 11.6. The quantitative estimate of drug-likeness (QED) is 0.180. The standard InChI is InChI=1S/C46H26N8S/c1-2-10-38(53-39-11-15-47-23-33(39)34-24-48-16-12-40(34)53)29(5-1)30-7-3-8-31-32-21-27(28-6-4-9-37-44(28)52-20-19-51-37)22-43(46(32)55-45(30)31)54-41-13-17-49-25-35(41)36-26-50-18-14-42(36)54/h1-26H. The molecule has 8 aromatic heterocycles. The van der Waals surface area contributed by atoms with Crippen LogP contribution in [0.2, 0.25) is 0 Å². The summed E-state index contributed by atoms with van der Waals surface area (Å²) in [5.74, 6) is 0. The van der Waals surface area contributed by atoms with Crippen molar-refractivity contribution in [2.24, 2.45) is 0 Å². The zero-order valence-corrected chi connectivity index (χ0v) is 29.8. The molecular weight excluding hydrogens is 697 g/mol. The van der Waals surface area contributed by atoms with Crippen LogP contribution in [0.1, 0.15) is 0 Å².